The van der Waals surface area contributed by atoms with Gasteiger partial charge in [-0.1, -0.05) is 0 Å². The van der Waals surface area contributed by atoms with E-state index >= 15 is 0 Å². The Labute approximate surface area is 115 Å². The Morgan fingerprint density at radius 3 is 2.83 bits per heavy atom. The molecule has 6 heteroatoms. The molecule has 0 saturated carbocycles. The number of halogens is 1. The second kappa shape index (κ2) is 6.70. The van der Waals surface area contributed by atoms with Crippen molar-refractivity contribution < 1.29 is 14.6 Å². The van der Waals surface area contributed by atoms with Crippen LogP contribution in [0.2, 0.25) is 0 Å². The molecule has 0 spiro atoms. The minimum atomic E-state index is -0.990. The largest absolute Gasteiger partial charge is 0.478 e. The lowest BCUT2D eigenvalue weighted by atomic mass is 10.2. The van der Waals surface area contributed by atoms with E-state index in [0.29, 0.717) is 23.4 Å². The fourth-order valence-corrected chi connectivity index (χ4v) is 1.76. The van der Waals surface area contributed by atoms with Crippen LogP contribution in [0.1, 0.15) is 24.2 Å². The molecule has 1 aromatic heterocycles. The van der Waals surface area contributed by atoms with Gasteiger partial charge >= 0.3 is 5.97 Å². The highest BCUT2D eigenvalue weighted by Crippen LogP contribution is 2.20. The second-order valence-electron chi connectivity index (χ2n) is 4.17. The number of carbonyl (C=O) groups is 1. The van der Waals surface area contributed by atoms with Gasteiger partial charge in [0.05, 0.1) is 12.7 Å². The maximum absolute atomic E-state index is 11.1. The van der Waals surface area contributed by atoms with Crippen molar-refractivity contribution in [3.8, 4) is 0 Å². The normalized spacial score (nSPS) is 10.7. The first kappa shape index (κ1) is 14.9. The summed E-state index contributed by atoms with van der Waals surface area (Å²) >= 11 is 3.22. The van der Waals surface area contributed by atoms with Crippen LogP contribution in [0, 0.1) is 0 Å². The molecule has 0 amide bonds. The molecular formula is C12H17BrN2O3. The molecule has 5 nitrogen and oxygen atoms in total. The predicted octanol–water partition coefficient (Wildman–Crippen LogP) is 2.40. The first-order valence-corrected chi connectivity index (χ1v) is 6.42. The summed E-state index contributed by atoms with van der Waals surface area (Å²) < 4.78 is 6.08. The van der Waals surface area contributed by atoms with Crippen molar-refractivity contribution in [3.05, 3.63) is 22.3 Å². The van der Waals surface area contributed by atoms with Crippen LogP contribution < -0.4 is 4.90 Å². The van der Waals surface area contributed by atoms with E-state index in [1.807, 2.05) is 13.8 Å². The maximum Gasteiger partial charge on any atom is 0.339 e. The van der Waals surface area contributed by atoms with E-state index in [-0.39, 0.29) is 11.7 Å². The van der Waals surface area contributed by atoms with Crippen molar-refractivity contribution in [1.82, 2.24) is 4.98 Å². The van der Waals surface area contributed by atoms with Gasteiger partial charge in [0.25, 0.3) is 0 Å². The van der Waals surface area contributed by atoms with Crippen LogP contribution in [0.25, 0.3) is 0 Å². The lowest BCUT2D eigenvalue weighted by molar-refractivity contribution is 0.0695. The van der Waals surface area contributed by atoms with Crippen molar-refractivity contribution in [2.45, 2.75) is 20.0 Å². The Morgan fingerprint density at radius 2 is 2.28 bits per heavy atom. The Bertz CT molecular complexity index is 424. The first-order chi connectivity index (χ1) is 8.41. The van der Waals surface area contributed by atoms with Gasteiger partial charge < -0.3 is 14.7 Å². The maximum atomic E-state index is 11.1. The zero-order valence-electron chi connectivity index (χ0n) is 10.7. The number of aromatic nitrogens is 1. The van der Waals surface area contributed by atoms with Crippen LogP contribution in [0.4, 0.5) is 5.82 Å². The smallest absolute Gasteiger partial charge is 0.339 e. The third kappa shape index (κ3) is 4.27. The number of carboxylic acids is 1. The molecule has 0 aliphatic rings. The highest BCUT2D eigenvalue weighted by Gasteiger charge is 2.15. The molecule has 1 aromatic rings. The van der Waals surface area contributed by atoms with E-state index in [1.165, 1.54) is 0 Å². The van der Waals surface area contributed by atoms with Gasteiger partial charge in [0.2, 0.25) is 0 Å². The molecule has 1 N–H and O–H groups in total. The van der Waals surface area contributed by atoms with E-state index in [2.05, 4.69) is 20.9 Å². The molecule has 0 fully saturated rings. The molecule has 0 unspecified atom stereocenters. The number of nitrogens with zero attached hydrogens (tertiary/aromatic N) is 2. The van der Waals surface area contributed by atoms with Gasteiger partial charge in [-0.25, -0.2) is 9.78 Å². The van der Waals surface area contributed by atoms with Crippen molar-refractivity contribution in [2.75, 3.05) is 25.1 Å². The van der Waals surface area contributed by atoms with Crippen LogP contribution in [0.5, 0.6) is 0 Å². The molecule has 0 bridgehead atoms. The molecule has 1 heterocycles. The summed E-state index contributed by atoms with van der Waals surface area (Å²) in [6.07, 6.45) is 1.75. The van der Waals surface area contributed by atoms with Crippen molar-refractivity contribution in [2.24, 2.45) is 0 Å². The molecule has 0 saturated heterocycles. The molecule has 18 heavy (non-hydrogen) atoms. The molecule has 100 valence electrons. The lowest BCUT2D eigenvalue weighted by Crippen LogP contribution is -2.26. The summed E-state index contributed by atoms with van der Waals surface area (Å²) in [5.41, 5.74) is 0.177. The molecule has 0 aliphatic carbocycles. The standard InChI is InChI=1S/C12H17BrN2O3/c1-8(2)18-5-4-15(3)11-10(12(16)17)6-9(13)7-14-11/h6-8H,4-5H2,1-3H3,(H,16,17). The van der Waals surface area contributed by atoms with Gasteiger partial charge in [-0.3, -0.25) is 0 Å². The molecule has 0 atom stereocenters. The lowest BCUT2D eigenvalue weighted by Gasteiger charge is -2.20. The minimum Gasteiger partial charge on any atom is -0.478 e. The Balaban J connectivity index is 2.78. The summed E-state index contributed by atoms with van der Waals surface area (Å²) in [5.74, 6) is -0.548. The van der Waals surface area contributed by atoms with Crippen LogP contribution in [0.15, 0.2) is 16.7 Å². The van der Waals surface area contributed by atoms with E-state index < -0.39 is 5.97 Å². The highest BCUT2D eigenvalue weighted by molar-refractivity contribution is 9.10. The summed E-state index contributed by atoms with van der Waals surface area (Å²) in [5, 5.41) is 9.13. The fourth-order valence-electron chi connectivity index (χ4n) is 1.42. The van der Waals surface area contributed by atoms with Crippen molar-refractivity contribution in [1.29, 1.82) is 0 Å². The average Bonchev–Trinajstić information content (AvgIpc) is 2.28. The van der Waals surface area contributed by atoms with Crippen molar-refractivity contribution in [3.63, 3.8) is 0 Å². The number of hydrogen-bond donors (Lipinski definition) is 1. The fraction of sp³-hybridized carbons (Fsp3) is 0.500. The Hall–Kier alpha value is -1.14. The van der Waals surface area contributed by atoms with Crippen LogP contribution in [-0.2, 0) is 4.74 Å². The van der Waals surface area contributed by atoms with Crippen LogP contribution >= 0.6 is 15.9 Å². The van der Waals surface area contributed by atoms with Crippen LogP contribution in [-0.4, -0.2) is 42.4 Å². The minimum absolute atomic E-state index is 0.162. The number of carboxylic acid groups (broad SMARTS) is 1. The van der Waals surface area contributed by atoms with Crippen LogP contribution in [0.3, 0.4) is 0 Å². The zero-order valence-corrected chi connectivity index (χ0v) is 12.3. The first-order valence-electron chi connectivity index (χ1n) is 5.63. The van der Waals surface area contributed by atoms with Crippen molar-refractivity contribution >= 4 is 27.7 Å². The number of aromatic carboxylic acids is 1. The van der Waals surface area contributed by atoms with Gasteiger partial charge in [0.15, 0.2) is 0 Å². The third-order valence-electron chi connectivity index (χ3n) is 2.30. The van der Waals surface area contributed by atoms with Gasteiger partial charge in [0.1, 0.15) is 11.4 Å². The predicted molar refractivity (Wildman–Crippen MR) is 73.3 cm³/mol. The van der Waals surface area contributed by atoms with Gasteiger partial charge in [-0.15, -0.1) is 0 Å². The van der Waals surface area contributed by atoms with E-state index in [4.69, 9.17) is 9.84 Å². The molecule has 0 radical (unpaired) electrons. The molecular weight excluding hydrogens is 300 g/mol. The molecule has 0 aliphatic heterocycles. The number of likely N-dealkylation sites (N-methyl/N-ethyl adjacent to an activating group) is 1. The number of hydrogen-bond acceptors (Lipinski definition) is 4. The topological polar surface area (TPSA) is 62.7 Å². The summed E-state index contributed by atoms with van der Waals surface area (Å²) in [6.45, 7) is 5.04. The SMILES string of the molecule is CC(C)OCCN(C)c1ncc(Br)cc1C(=O)O. The number of anilines is 1. The van der Waals surface area contributed by atoms with E-state index in [0.717, 1.165) is 0 Å². The van der Waals surface area contributed by atoms with E-state index in [1.54, 1.807) is 24.2 Å². The second-order valence-corrected chi connectivity index (χ2v) is 5.09. The van der Waals surface area contributed by atoms with Gasteiger partial charge in [-0.2, -0.15) is 0 Å². The zero-order chi connectivity index (χ0) is 13.7. The summed E-state index contributed by atoms with van der Waals surface area (Å²) in [4.78, 5) is 17.1. The summed E-state index contributed by atoms with van der Waals surface area (Å²) in [7, 11) is 1.80. The Morgan fingerprint density at radius 1 is 1.61 bits per heavy atom. The average molecular weight is 317 g/mol. The monoisotopic (exact) mass is 316 g/mol. The Kier molecular flexibility index (Phi) is 5.55. The van der Waals surface area contributed by atoms with Gasteiger partial charge in [-0.05, 0) is 35.8 Å². The summed E-state index contributed by atoms with van der Waals surface area (Å²) in [6, 6.07) is 1.55. The number of ether oxygens (including phenoxy) is 1. The third-order valence-corrected chi connectivity index (χ3v) is 2.74. The number of rotatable bonds is 6. The van der Waals surface area contributed by atoms with Gasteiger partial charge in [0, 0.05) is 24.3 Å². The van der Waals surface area contributed by atoms with E-state index in [9.17, 15) is 4.79 Å². The molecule has 1 rings (SSSR count). The molecule has 0 aromatic carbocycles. The number of pyridine rings is 1. The quantitative estimate of drug-likeness (QED) is 0.873. The highest BCUT2D eigenvalue weighted by atomic mass is 79.9.